The van der Waals surface area contributed by atoms with Crippen LogP contribution in [0.25, 0.3) is 0 Å². The first-order chi connectivity index (χ1) is 7.81. The fourth-order valence-corrected chi connectivity index (χ4v) is 1.57. The van der Waals surface area contributed by atoms with Gasteiger partial charge in [0.2, 0.25) is 5.91 Å². The number of thiol groups is 1. The summed E-state index contributed by atoms with van der Waals surface area (Å²) < 4.78 is 0. The summed E-state index contributed by atoms with van der Waals surface area (Å²) in [6.07, 6.45) is 0.635. The van der Waals surface area contributed by atoms with E-state index in [0.29, 0.717) is 6.42 Å². The summed E-state index contributed by atoms with van der Waals surface area (Å²) in [4.78, 5) is 22.1. The normalized spacial score (nSPS) is 11.1. The fraction of sp³-hybridized carbons (Fsp3) is 0.385. The largest absolute Gasteiger partial charge is 0.326 e. The van der Waals surface area contributed by atoms with Gasteiger partial charge in [-0.2, -0.15) is 0 Å². The van der Waals surface area contributed by atoms with Crippen molar-refractivity contribution >= 4 is 29.3 Å². The van der Waals surface area contributed by atoms with E-state index in [1.165, 1.54) is 6.92 Å². The van der Waals surface area contributed by atoms with Gasteiger partial charge < -0.3 is 5.32 Å². The third-order valence-corrected chi connectivity index (χ3v) is 3.10. The molecule has 1 N–H and O–H groups in total. The van der Waals surface area contributed by atoms with Gasteiger partial charge in [-0.3, -0.25) is 9.59 Å². The molecule has 0 aliphatic heterocycles. The highest BCUT2D eigenvalue weighted by molar-refractivity contribution is 7.96. The van der Waals surface area contributed by atoms with Crippen LogP contribution in [0, 0.1) is 5.41 Å². The number of amides is 1. The second-order valence-corrected chi connectivity index (χ2v) is 5.15. The number of hydrogen-bond donors (Lipinski definition) is 2. The zero-order valence-electron chi connectivity index (χ0n) is 10.3. The Morgan fingerprint density at radius 3 is 2.18 bits per heavy atom. The molecular weight excluding hydrogens is 234 g/mol. The fourth-order valence-electron chi connectivity index (χ4n) is 1.50. The van der Waals surface area contributed by atoms with Gasteiger partial charge in [0, 0.05) is 18.0 Å². The van der Waals surface area contributed by atoms with Crippen LogP contribution in [0.4, 0.5) is 5.69 Å². The Kier molecular flexibility index (Phi) is 4.34. The third kappa shape index (κ3) is 4.23. The highest BCUT2D eigenvalue weighted by Crippen LogP contribution is 2.25. The van der Waals surface area contributed by atoms with Crippen LogP contribution in [0.3, 0.4) is 0 Å². The number of benzene rings is 1. The summed E-state index contributed by atoms with van der Waals surface area (Å²) in [5.41, 5.74) is 1.33. The molecule has 0 saturated carbocycles. The predicted octanol–water partition coefficient (Wildman–Crippen LogP) is 2.67. The topological polar surface area (TPSA) is 46.2 Å². The van der Waals surface area contributed by atoms with E-state index in [4.69, 9.17) is 0 Å². The van der Waals surface area contributed by atoms with Crippen LogP contribution in [0.5, 0.6) is 0 Å². The maximum absolute atomic E-state index is 11.3. The molecule has 1 aromatic rings. The van der Waals surface area contributed by atoms with E-state index in [2.05, 4.69) is 17.9 Å². The number of carbonyl (C=O) groups excluding carboxylic acids is 2. The molecule has 1 amide bonds. The van der Waals surface area contributed by atoms with Crippen LogP contribution in [-0.2, 0) is 16.0 Å². The highest BCUT2D eigenvalue weighted by atomic mass is 32.1. The van der Waals surface area contributed by atoms with Gasteiger partial charge >= 0.3 is 0 Å². The molecule has 0 bridgehead atoms. The van der Waals surface area contributed by atoms with Crippen molar-refractivity contribution in [2.45, 2.75) is 27.2 Å². The molecule has 0 saturated heterocycles. The van der Waals surface area contributed by atoms with Crippen LogP contribution in [0.15, 0.2) is 24.3 Å². The predicted molar refractivity (Wildman–Crippen MR) is 72.2 cm³/mol. The Labute approximate surface area is 107 Å². The van der Waals surface area contributed by atoms with Crippen molar-refractivity contribution in [3.63, 3.8) is 0 Å². The first-order valence-corrected chi connectivity index (χ1v) is 5.86. The molecule has 0 radical (unpaired) electrons. The summed E-state index contributed by atoms with van der Waals surface area (Å²) in [7, 11) is 0. The van der Waals surface area contributed by atoms with Gasteiger partial charge in [-0.25, -0.2) is 0 Å². The number of anilines is 1. The van der Waals surface area contributed by atoms with Crippen molar-refractivity contribution in [2.24, 2.45) is 5.41 Å². The molecule has 3 nitrogen and oxygen atoms in total. The number of rotatable bonds is 4. The highest BCUT2D eigenvalue weighted by Gasteiger charge is 2.24. The van der Waals surface area contributed by atoms with Crippen molar-refractivity contribution in [3.05, 3.63) is 29.8 Å². The lowest BCUT2D eigenvalue weighted by atomic mass is 9.87. The summed E-state index contributed by atoms with van der Waals surface area (Å²) in [6, 6.07) is 7.47. The quantitative estimate of drug-likeness (QED) is 0.808. The first-order valence-electron chi connectivity index (χ1n) is 5.41. The van der Waals surface area contributed by atoms with Crippen LogP contribution in [0.1, 0.15) is 26.3 Å². The summed E-state index contributed by atoms with van der Waals surface area (Å²) >= 11 is 3.88. The maximum Gasteiger partial charge on any atom is 0.221 e. The Morgan fingerprint density at radius 1 is 1.24 bits per heavy atom. The SMILES string of the molecule is CC(=O)Nc1ccc(CC(C)(C)C(=O)S)cc1. The molecule has 4 heteroatoms. The van der Waals surface area contributed by atoms with Gasteiger partial charge in [0.1, 0.15) is 0 Å². The smallest absolute Gasteiger partial charge is 0.221 e. The zero-order valence-corrected chi connectivity index (χ0v) is 11.2. The molecule has 0 unspecified atom stereocenters. The third-order valence-electron chi connectivity index (χ3n) is 2.50. The Bertz CT molecular complexity index is 424. The van der Waals surface area contributed by atoms with E-state index in [-0.39, 0.29) is 11.0 Å². The molecular formula is C13H17NO2S. The molecule has 0 aliphatic carbocycles. The average molecular weight is 251 g/mol. The van der Waals surface area contributed by atoms with E-state index in [1.807, 2.05) is 38.1 Å². The second-order valence-electron chi connectivity index (χ2n) is 4.74. The Morgan fingerprint density at radius 2 is 1.76 bits per heavy atom. The van der Waals surface area contributed by atoms with Crippen molar-refractivity contribution < 1.29 is 9.59 Å². The van der Waals surface area contributed by atoms with E-state index < -0.39 is 5.41 Å². The Balaban J connectivity index is 2.75. The van der Waals surface area contributed by atoms with E-state index in [1.54, 1.807) is 0 Å². The molecule has 1 rings (SSSR count). The van der Waals surface area contributed by atoms with Gasteiger partial charge in [-0.05, 0) is 24.1 Å². The summed E-state index contributed by atoms with van der Waals surface area (Å²) in [6.45, 7) is 5.20. The van der Waals surface area contributed by atoms with E-state index >= 15 is 0 Å². The summed E-state index contributed by atoms with van der Waals surface area (Å²) in [5, 5.41) is 2.57. The average Bonchev–Trinajstić information content (AvgIpc) is 2.19. The van der Waals surface area contributed by atoms with Crippen LogP contribution in [0.2, 0.25) is 0 Å². The minimum atomic E-state index is -0.474. The maximum atomic E-state index is 11.3. The number of nitrogens with one attached hydrogen (secondary N) is 1. The molecule has 0 heterocycles. The van der Waals surface area contributed by atoms with Crippen LogP contribution in [-0.4, -0.2) is 11.0 Å². The molecule has 1 aromatic carbocycles. The van der Waals surface area contributed by atoms with Crippen molar-refractivity contribution in [3.8, 4) is 0 Å². The van der Waals surface area contributed by atoms with Gasteiger partial charge in [-0.1, -0.05) is 26.0 Å². The monoisotopic (exact) mass is 251 g/mol. The molecule has 0 aromatic heterocycles. The van der Waals surface area contributed by atoms with Crippen molar-refractivity contribution in [1.29, 1.82) is 0 Å². The Hall–Kier alpha value is -1.29. The minimum absolute atomic E-state index is 0.0939. The van der Waals surface area contributed by atoms with Crippen molar-refractivity contribution in [2.75, 3.05) is 5.32 Å². The molecule has 0 atom stereocenters. The first kappa shape index (κ1) is 13.8. The second kappa shape index (κ2) is 5.36. The van der Waals surface area contributed by atoms with Gasteiger partial charge in [0.15, 0.2) is 5.12 Å². The zero-order chi connectivity index (χ0) is 13.1. The van der Waals surface area contributed by atoms with Gasteiger partial charge in [0.05, 0.1) is 0 Å². The van der Waals surface area contributed by atoms with E-state index in [9.17, 15) is 9.59 Å². The van der Waals surface area contributed by atoms with Gasteiger partial charge in [0.25, 0.3) is 0 Å². The molecule has 17 heavy (non-hydrogen) atoms. The number of carbonyl (C=O) groups is 2. The minimum Gasteiger partial charge on any atom is -0.326 e. The van der Waals surface area contributed by atoms with E-state index in [0.717, 1.165) is 11.3 Å². The summed E-state index contributed by atoms with van der Waals surface area (Å²) in [5.74, 6) is -0.0939. The molecule has 0 spiro atoms. The molecule has 92 valence electrons. The lowest BCUT2D eigenvalue weighted by molar-refractivity contribution is -0.118. The standard InChI is InChI=1S/C13H17NO2S/c1-9(15)14-11-6-4-10(5-7-11)8-13(2,3)12(16)17/h4-7H,8H2,1-3H3,(H,14,15)(H,16,17). The lowest BCUT2D eigenvalue weighted by Crippen LogP contribution is -2.22. The molecule has 0 aliphatic rings. The lowest BCUT2D eigenvalue weighted by Gasteiger charge is -2.20. The van der Waals surface area contributed by atoms with Crippen LogP contribution >= 0.6 is 12.6 Å². The number of hydrogen-bond acceptors (Lipinski definition) is 2. The van der Waals surface area contributed by atoms with Gasteiger partial charge in [-0.15, -0.1) is 12.6 Å². The molecule has 0 fully saturated rings. The van der Waals surface area contributed by atoms with Crippen LogP contribution < -0.4 is 5.32 Å². The van der Waals surface area contributed by atoms with Crippen molar-refractivity contribution in [1.82, 2.24) is 0 Å².